The fourth-order valence-corrected chi connectivity index (χ4v) is 0.857. The summed E-state index contributed by atoms with van der Waals surface area (Å²) in [5, 5.41) is 20.6. The monoisotopic (exact) mass is 185 g/mol. The van der Waals surface area contributed by atoms with Crippen LogP contribution >= 0.6 is 0 Å². The van der Waals surface area contributed by atoms with Crippen molar-refractivity contribution in [2.24, 2.45) is 5.11 Å². The van der Waals surface area contributed by atoms with Crippen LogP contribution in [0.15, 0.2) is 16.9 Å². The molecule has 0 bridgehead atoms. The molecule has 1 rings (SSSR count). The average Bonchev–Trinajstić information content (AvgIpc) is 2.47. The number of aliphatic hydroxyl groups is 2. The third-order valence-electron chi connectivity index (χ3n) is 1.49. The van der Waals surface area contributed by atoms with Gasteiger partial charge in [-0.2, -0.15) is 0 Å². The molecule has 7 nitrogen and oxygen atoms in total. The maximum absolute atomic E-state index is 10.8. The zero-order valence-electron chi connectivity index (χ0n) is 6.49. The molecule has 0 aromatic carbocycles. The van der Waals surface area contributed by atoms with Crippen molar-refractivity contribution in [3.8, 4) is 0 Å². The summed E-state index contributed by atoms with van der Waals surface area (Å²) in [6.45, 7) is -0.530. The molecule has 1 heterocycles. The van der Waals surface area contributed by atoms with Gasteiger partial charge in [-0.05, 0) is 11.6 Å². The van der Waals surface area contributed by atoms with E-state index in [2.05, 4.69) is 14.8 Å². The number of esters is 1. The van der Waals surface area contributed by atoms with Crippen LogP contribution in [0.2, 0.25) is 0 Å². The second-order valence-electron chi connectivity index (χ2n) is 2.36. The summed E-state index contributed by atoms with van der Waals surface area (Å²) >= 11 is 0. The standard InChI is InChI=1S/C6H7N3O4/c7-9-8-3-1-5(4(11)2-10)13-6(3)12/h1,4-5,10-11H,2H2/t4-,5-/m0/s1. The zero-order valence-corrected chi connectivity index (χ0v) is 6.49. The maximum atomic E-state index is 10.8. The Morgan fingerprint density at radius 3 is 3.08 bits per heavy atom. The Morgan fingerprint density at radius 1 is 1.85 bits per heavy atom. The minimum absolute atomic E-state index is 0.194. The van der Waals surface area contributed by atoms with E-state index in [1.807, 2.05) is 0 Å². The van der Waals surface area contributed by atoms with E-state index in [0.29, 0.717) is 0 Å². The van der Waals surface area contributed by atoms with Crippen molar-refractivity contribution in [2.45, 2.75) is 12.2 Å². The molecule has 0 spiro atoms. The van der Waals surface area contributed by atoms with Crippen molar-refractivity contribution >= 4 is 5.97 Å². The van der Waals surface area contributed by atoms with Gasteiger partial charge in [0, 0.05) is 4.91 Å². The highest BCUT2D eigenvalue weighted by Crippen LogP contribution is 2.17. The first-order valence-corrected chi connectivity index (χ1v) is 3.46. The number of hydrogen-bond acceptors (Lipinski definition) is 5. The molecule has 1 aliphatic heterocycles. The Bertz CT molecular complexity index is 294. The quantitative estimate of drug-likeness (QED) is 0.266. The van der Waals surface area contributed by atoms with Crippen molar-refractivity contribution in [1.29, 1.82) is 0 Å². The largest absolute Gasteiger partial charge is 0.452 e. The van der Waals surface area contributed by atoms with Gasteiger partial charge in [0.2, 0.25) is 0 Å². The molecule has 0 saturated heterocycles. The highest BCUT2D eigenvalue weighted by atomic mass is 16.6. The molecule has 0 amide bonds. The molecular formula is C6H7N3O4. The van der Waals surface area contributed by atoms with Gasteiger partial charge in [0.1, 0.15) is 17.9 Å². The van der Waals surface area contributed by atoms with Gasteiger partial charge < -0.3 is 14.9 Å². The van der Waals surface area contributed by atoms with Crippen LogP contribution in [0.25, 0.3) is 10.4 Å². The summed E-state index contributed by atoms with van der Waals surface area (Å²) < 4.78 is 4.57. The Labute approximate surface area is 72.9 Å². The molecule has 0 unspecified atom stereocenters. The minimum Gasteiger partial charge on any atom is -0.452 e. The van der Waals surface area contributed by atoms with E-state index in [9.17, 15) is 4.79 Å². The van der Waals surface area contributed by atoms with Gasteiger partial charge in [-0.1, -0.05) is 5.11 Å². The van der Waals surface area contributed by atoms with E-state index >= 15 is 0 Å². The zero-order chi connectivity index (χ0) is 9.84. The lowest BCUT2D eigenvalue weighted by Crippen LogP contribution is -2.28. The van der Waals surface area contributed by atoms with Crippen LogP contribution in [-0.2, 0) is 9.53 Å². The number of ether oxygens (including phenoxy) is 1. The molecule has 0 aliphatic carbocycles. The van der Waals surface area contributed by atoms with Gasteiger partial charge >= 0.3 is 5.97 Å². The van der Waals surface area contributed by atoms with Crippen LogP contribution in [0.1, 0.15) is 0 Å². The summed E-state index contributed by atoms with van der Waals surface area (Å²) in [6, 6.07) is 0. The predicted octanol–water partition coefficient (Wildman–Crippen LogP) is -0.541. The fourth-order valence-electron chi connectivity index (χ4n) is 0.857. The number of azide groups is 1. The second-order valence-corrected chi connectivity index (χ2v) is 2.36. The minimum atomic E-state index is -1.18. The Hall–Kier alpha value is -1.56. The van der Waals surface area contributed by atoms with Gasteiger partial charge in [0.15, 0.2) is 0 Å². The first kappa shape index (κ1) is 9.53. The Kier molecular flexibility index (Phi) is 2.86. The summed E-state index contributed by atoms with van der Waals surface area (Å²) in [4.78, 5) is 13.2. The Balaban J connectivity index is 2.76. The number of aliphatic hydroxyl groups excluding tert-OH is 2. The SMILES string of the molecule is [N-]=[N+]=NC1=C[C@@H]([C@@H](O)CO)OC1=O. The summed E-state index contributed by atoms with van der Waals surface area (Å²) in [6.07, 6.45) is -0.948. The van der Waals surface area contributed by atoms with Crippen molar-refractivity contribution in [3.63, 3.8) is 0 Å². The first-order valence-electron chi connectivity index (χ1n) is 3.46. The third-order valence-corrected chi connectivity index (χ3v) is 1.49. The molecule has 2 N–H and O–H groups in total. The normalized spacial score (nSPS) is 23.1. The lowest BCUT2D eigenvalue weighted by atomic mass is 10.2. The van der Waals surface area contributed by atoms with Crippen molar-refractivity contribution in [3.05, 3.63) is 22.2 Å². The predicted molar refractivity (Wildman–Crippen MR) is 40.2 cm³/mol. The summed E-state index contributed by atoms with van der Waals surface area (Å²) in [5.74, 6) is -0.796. The molecule has 0 saturated carbocycles. The molecule has 0 radical (unpaired) electrons. The maximum Gasteiger partial charge on any atom is 0.341 e. The van der Waals surface area contributed by atoms with Crippen LogP contribution in [0, 0.1) is 0 Å². The van der Waals surface area contributed by atoms with Crippen LogP contribution < -0.4 is 0 Å². The van der Waals surface area contributed by atoms with Gasteiger partial charge in [0.25, 0.3) is 0 Å². The van der Waals surface area contributed by atoms with E-state index in [1.165, 1.54) is 6.08 Å². The molecule has 13 heavy (non-hydrogen) atoms. The molecule has 0 fully saturated rings. The lowest BCUT2D eigenvalue weighted by Gasteiger charge is -2.12. The molecule has 1 aliphatic rings. The number of cyclic esters (lactones) is 1. The van der Waals surface area contributed by atoms with Crippen molar-refractivity contribution < 1.29 is 19.7 Å². The average molecular weight is 185 g/mol. The molecule has 0 aromatic rings. The highest BCUT2D eigenvalue weighted by molar-refractivity contribution is 5.90. The van der Waals surface area contributed by atoms with E-state index < -0.39 is 24.8 Å². The van der Waals surface area contributed by atoms with E-state index in [4.69, 9.17) is 15.7 Å². The first-order chi connectivity index (χ1) is 6.19. The smallest absolute Gasteiger partial charge is 0.341 e. The van der Waals surface area contributed by atoms with Crippen molar-refractivity contribution in [1.82, 2.24) is 0 Å². The van der Waals surface area contributed by atoms with Crippen LogP contribution in [0.5, 0.6) is 0 Å². The fraction of sp³-hybridized carbons (Fsp3) is 0.500. The second kappa shape index (κ2) is 3.90. The number of rotatable bonds is 3. The van der Waals surface area contributed by atoms with Crippen molar-refractivity contribution in [2.75, 3.05) is 6.61 Å². The van der Waals surface area contributed by atoms with E-state index in [0.717, 1.165) is 0 Å². The number of carbonyl (C=O) groups excluding carboxylic acids is 1. The molecule has 0 aromatic heterocycles. The topological polar surface area (TPSA) is 116 Å². The summed E-state index contributed by atoms with van der Waals surface area (Å²) in [5.41, 5.74) is 7.83. The van der Waals surface area contributed by atoms with E-state index in [1.54, 1.807) is 0 Å². The molecule has 2 atom stereocenters. The van der Waals surface area contributed by atoms with E-state index in [-0.39, 0.29) is 5.70 Å². The molecular weight excluding hydrogens is 178 g/mol. The highest BCUT2D eigenvalue weighted by Gasteiger charge is 2.29. The van der Waals surface area contributed by atoms with Crippen LogP contribution in [0.3, 0.4) is 0 Å². The van der Waals surface area contributed by atoms with Gasteiger partial charge in [-0.15, -0.1) is 0 Å². The number of nitrogens with zero attached hydrogens (tertiary/aromatic N) is 3. The summed E-state index contributed by atoms with van der Waals surface area (Å²) in [7, 11) is 0. The van der Waals surface area contributed by atoms with Gasteiger partial charge in [-0.3, -0.25) is 0 Å². The van der Waals surface area contributed by atoms with Gasteiger partial charge in [-0.25, -0.2) is 4.79 Å². The lowest BCUT2D eigenvalue weighted by molar-refractivity contribution is -0.144. The molecule has 70 valence electrons. The third kappa shape index (κ3) is 1.97. The number of carbonyl (C=O) groups is 1. The van der Waals surface area contributed by atoms with Crippen LogP contribution in [0.4, 0.5) is 0 Å². The molecule has 7 heteroatoms. The number of hydrogen-bond donors (Lipinski definition) is 2. The van der Waals surface area contributed by atoms with Crippen LogP contribution in [-0.4, -0.2) is 35.0 Å². The van der Waals surface area contributed by atoms with Gasteiger partial charge in [0.05, 0.1) is 6.61 Å². The Morgan fingerprint density at radius 2 is 2.54 bits per heavy atom.